The normalized spacial score (nSPS) is 14.5. The highest BCUT2D eigenvalue weighted by molar-refractivity contribution is 7.22. The molecule has 0 spiro atoms. The van der Waals surface area contributed by atoms with E-state index in [-0.39, 0.29) is 5.56 Å². The lowest BCUT2D eigenvalue weighted by Gasteiger charge is -2.27. The third-order valence-corrected chi connectivity index (χ3v) is 7.43. The summed E-state index contributed by atoms with van der Waals surface area (Å²) in [5.41, 5.74) is 1.56. The molecule has 2 aromatic heterocycles. The van der Waals surface area contributed by atoms with Crippen LogP contribution in [0.3, 0.4) is 0 Å². The summed E-state index contributed by atoms with van der Waals surface area (Å²) in [6, 6.07) is 12.6. The van der Waals surface area contributed by atoms with Gasteiger partial charge in [-0.25, -0.2) is 9.78 Å². The molecule has 8 nitrogen and oxygen atoms in total. The average molecular weight is 494 g/mol. The summed E-state index contributed by atoms with van der Waals surface area (Å²) in [6.07, 6.45) is 0.733. The van der Waals surface area contributed by atoms with Gasteiger partial charge in [0.1, 0.15) is 22.4 Å². The number of hydrogen-bond donors (Lipinski definition) is 0. The number of rotatable bonds is 7. The smallest absolute Gasteiger partial charge is 0.349 e. The SMILES string of the molecule is COc1ccc(C)c2sc(N(CCCN3CCOCC3)C(=O)c3cc4ccccc4oc3=O)nc12. The highest BCUT2D eigenvalue weighted by atomic mass is 32.1. The Balaban J connectivity index is 1.51. The molecule has 1 aliphatic rings. The van der Waals surface area contributed by atoms with Gasteiger partial charge in [-0.3, -0.25) is 14.6 Å². The molecule has 4 aromatic rings. The van der Waals surface area contributed by atoms with E-state index in [2.05, 4.69) is 4.90 Å². The van der Waals surface area contributed by atoms with Crippen molar-refractivity contribution in [3.63, 3.8) is 0 Å². The van der Waals surface area contributed by atoms with Crippen LogP contribution >= 0.6 is 11.3 Å². The molecule has 0 bridgehead atoms. The van der Waals surface area contributed by atoms with Crippen LogP contribution in [0.15, 0.2) is 51.7 Å². The minimum Gasteiger partial charge on any atom is -0.494 e. The molecule has 9 heteroatoms. The van der Waals surface area contributed by atoms with Crippen LogP contribution in [0.4, 0.5) is 5.13 Å². The van der Waals surface area contributed by atoms with E-state index < -0.39 is 11.5 Å². The van der Waals surface area contributed by atoms with Crippen LogP contribution in [0.25, 0.3) is 21.2 Å². The monoisotopic (exact) mass is 493 g/mol. The Labute approximate surface area is 206 Å². The Kier molecular flexibility index (Phi) is 6.81. The number of morpholine rings is 1. The first-order valence-electron chi connectivity index (χ1n) is 11.6. The van der Waals surface area contributed by atoms with Crippen LogP contribution in [0.1, 0.15) is 22.3 Å². The number of thiazole rings is 1. The van der Waals surface area contributed by atoms with E-state index >= 15 is 0 Å². The molecule has 0 atom stereocenters. The third-order valence-electron chi connectivity index (χ3n) is 6.22. The van der Waals surface area contributed by atoms with Gasteiger partial charge in [0.25, 0.3) is 5.91 Å². The summed E-state index contributed by atoms with van der Waals surface area (Å²) >= 11 is 1.43. The maximum Gasteiger partial charge on any atom is 0.349 e. The Morgan fingerprint density at radius 2 is 2.00 bits per heavy atom. The van der Waals surface area contributed by atoms with Crippen LogP contribution < -0.4 is 15.3 Å². The quantitative estimate of drug-likeness (QED) is 0.359. The fourth-order valence-corrected chi connectivity index (χ4v) is 5.37. The summed E-state index contributed by atoms with van der Waals surface area (Å²) in [5.74, 6) is 0.237. The molecule has 35 heavy (non-hydrogen) atoms. The maximum absolute atomic E-state index is 13.8. The van der Waals surface area contributed by atoms with Gasteiger partial charge in [0.15, 0.2) is 5.13 Å². The van der Waals surface area contributed by atoms with Gasteiger partial charge in [0.05, 0.1) is 25.0 Å². The van der Waals surface area contributed by atoms with Gasteiger partial charge in [0.2, 0.25) is 0 Å². The number of benzene rings is 2. The summed E-state index contributed by atoms with van der Waals surface area (Å²) < 4.78 is 17.3. The predicted molar refractivity (Wildman–Crippen MR) is 137 cm³/mol. The van der Waals surface area contributed by atoms with Crippen LogP contribution in [-0.2, 0) is 4.74 Å². The second-order valence-electron chi connectivity index (χ2n) is 8.51. The zero-order chi connectivity index (χ0) is 24.4. The average Bonchev–Trinajstić information content (AvgIpc) is 3.33. The topological polar surface area (TPSA) is 85.1 Å². The Morgan fingerprint density at radius 3 is 2.80 bits per heavy atom. The number of para-hydroxylation sites is 1. The van der Waals surface area contributed by atoms with Gasteiger partial charge >= 0.3 is 5.63 Å². The highest BCUT2D eigenvalue weighted by Crippen LogP contribution is 2.37. The number of amides is 1. The molecule has 0 saturated carbocycles. The van der Waals surface area contributed by atoms with Gasteiger partial charge in [0, 0.05) is 31.6 Å². The number of carbonyl (C=O) groups excluding carboxylic acids is 1. The first kappa shape index (κ1) is 23.5. The van der Waals surface area contributed by atoms with E-state index in [1.54, 1.807) is 30.2 Å². The van der Waals surface area contributed by atoms with Crippen molar-refractivity contribution in [1.82, 2.24) is 9.88 Å². The van der Waals surface area contributed by atoms with Gasteiger partial charge in [-0.1, -0.05) is 35.6 Å². The number of aryl methyl sites for hydroxylation is 1. The minimum atomic E-state index is -0.651. The second-order valence-corrected chi connectivity index (χ2v) is 9.49. The minimum absolute atomic E-state index is 0.00184. The number of ether oxygens (including phenoxy) is 2. The Bertz CT molecular complexity index is 1420. The van der Waals surface area contributed by atoms with Crippen molar-refractivity contribution in [3.8, 4) is 5.75 Å². The first-order chi connectivity index (χ1) is 17.0. The van der Waals surface area contributed by atoms with Gasteiger partial charge < -0.3 is 13.9 Å². The highest BCUT2D eigenvalue weighted by Gasteiger charge is 2.26. The number of aromatic nitrogens is 1. The van der Waals surface area contributed by atoms with E-state index in [4.69, 9.17) is 18.9 Å². The fourth-order valence-electron chi connectivity index (χ4n) is 4.30. The molecule has 1 amide bonds. The molecule has 2 aromatic carbocycles. The van der Waals surface area contributed by atoms with E-state index in [9.17, 15) is 9.59 Å². The van der Waals surface area contributed by atoms with Crippen LogP contribution in [0, 0.1) is 6.92 Å². The zero-order valence-electron chi connectivity index (χ0n) is 19.8. The molecular weight excluding hydrogens is 466 g/mol. The van der Waals surface area contributed by atoms with Crippen molar-refractivity contribution in [2.24, 2.45) is 0 Å². The molecule has 0 radical (unpaired) electrons. The number of nitrogens with zero attached hydrogens (tertiary/aromatic N) is 3. The fraction of sp³-hybridized carbons (Fsp3) is 0.346. The second kappa shape index (κ2) is 10.2. The van der Waals surface area contributed by atoms with E-state index in [1.165, 1.54) is 11.3 Å². The largest absolute Gasteiger partial charge is 0.494 e. The predicted octanol–water partition coefficient (Wildman–Crippen LogP) is 4.09. The van der Waals surface area contributed by atoms with Crippen LogP contribution in [-0.4, -0.2) is 62.3 Å². The standard InChI is InChI=1S/C26H27N3O5S/c1-17-8-9-21(32-2)22-23(17)35-26(27-22)29(11-5-10-28-12-14-33-15-13-28)24(30)19-16-18-6-3-4-7-20(18)34-25(19)31/h3-4,6-9,16H,5,10-15H2,1-2H3. The molecule has 1 fully saturated rings. The van der Waals surface area contributed by atoms with Crippen LogP contribution in [0.5, 0.6) is 5.75 Å². The van der Waals surface area contributed by atoms with E-state index in [0.717, 1.165) is 49.5 Å². The van der Waals surface area contributed by atoms with Crippen molar-refractivity contribution < 1.29 is 18.7 Å². The third kappa shape index (κ3) is 4.80. The molecule has 0 N–H and O–H groups in total. The van der Waals surface area contributed by atoms with Gasteiger partial charge in [-0.05, 0) is 37.1 Å². The van der Waals surface area contributed by atoms with Crippen molar-refractivity contribution in [2.45, 2.75) is 13.3 Å². The zero-order valence-corrected chi connectivity index (χ0v) is 20.6. The molecule has 182 valence electrons. The summed E-state index contributed by atoms with van der Waals surface area (Å²) in [7, 11) is 1.61. The molecule has 5 rings (SSSR count). The molecular formula is C26H27N3O5S. The van der Waals surface area contributed by atoms with Gasteiger partial charge in [-0.15, -0.1) is 0 Å². The lowest BCUT2D eigenvalue weighted by atomic mass is 10.1. The molecule has 3 heterocycles. The molecule has 1 aliphatic heterocycles. The van der Waals surface area contributed by atoms with Crippen LogP contribution in [0.2, 0.25) is 0 Å². The van der Waals surface area contributed by atoms with Crippen molar-refractivity contribution in [3.05, 3.63) is 64.0 Å². The Hall–Kier alpha value is -3.27. The molecule has 0 aliphatic carbocycles. The number of anilines is 1. The molecule has 0 unspecified atom stereocenters. The van der Waals surface area contributed by atoms with E-state index in [1.807, 2.05) is 31.2 Å². The molecule has 1 saturated heterocycles. The number of carbonyl (C=O) groups is 1. The summed E-state index contributed by atoms with van der Waals surface area (Å²) in [4.78, 5) is 35.3. The Morgan fingerprint density at radius 1 is 1.20 bits per heavy atom. The number of methoxy groups -OCH3 is 1. The lowest BCUT2D eigenvalue weighted by Crippen LogP contribution is -2.40. The van der Waals surface area contributed by atoms with Crippen molar-refractivity contribution in [1.29, 1.82) is 0 Å². The van der Waals surface area contributed by atoms with E-state index in [0.29, 0.717) is 33.9 Å². The summed E-state index contributed by atoms with van der Waals surface area (Å²) in [5, 5.41) is 1.23. The number of fused-ring (bicyclic) bond motifs is 2. The van der Waals surface area contributed by atoms with Crippen molar-refractivity contribution >= 4 is 43.6 Å². The number of hydrogen-bond acceptors (Lipinski definition) is 8. The summed E-state index contributed by atoms with van der Waals surface area (Å²) in [6.45, 7) is 6.44. The maximum atomic E-state index is 13.8. The lowest BCUT2D eigenvalue weighted by molar-refractivity contribution is 0.0376. The van der Waals surface area contributed by atoms with Crippen molar-refractivity contribution in [2.75, 3.05) is 51.4 Å². The first-order valence-corrected chi connectivity index (χ1v) is 12.5. The van der Waals surface area contributed by atoms with Gasteiger partial charge in [-0.2, -0.15) is 0 Å².